The third kappa shape index (κ3) is 3.58. The van der Waals surface area contributed by atoms with Crippen LogP contribution in [0.15, 0.2) is 22.8 Å². The Kier molecular flexibility index (Phi) is 6.25. The van der Waals surface area contributed by atoms with Gasteiger partial charge >= 0.3 is 5.97 Å². The first-order valence-electron chi connectivity index (χ1n) is 13.6. The van der Waals surface area contributed by atoms with Gasteiger partial charge in [0.25, 0.3) is 0 Å². The Morgan fingerprint density at radius 2 is 1.70 bits per heavy atom. The van der Waals surface area contributed by atoms with Crippen LogP contribution in [0.5, 0.6) is 0 Å². The lowest BCUT2D eigenvalue weighted by Gasteiger charge is -2.62. The lowest BCUT2D eigenvalue weighted by atomic mass is 9.43. The Balaban J connectivity index is 1.69. The number of carbonyl (C=O) groups is 1. The summed E-state index contributed by atoms with van der Waals surface area (Å²) in [6.45, 7) is 16.2. The van der Waals surface area contributed by atoms with Crippen molar-refractivity contribution in [3.63, 3.8) is 0 Å². The minimum Gasteiger partial charge on any atom is -0.481 e. The van der Waals surface area contributed by atoms with Crippen LogP contribution >= 0.6 is 0 Å². The molecule has 2 N–H and O–H groups in total. The number of carboxylic acid groups (broad SMARTS) is 1. The number of aliphatic carboxylic acids is 1. The van der Waals surface area contributed by atoms with E-state index in [9.17, 15) is 15.0 Å². The third-order valence-electron chi connectivity index (χ3n) is 11.6. The van der Waals surface area contributed by atoms with Crippen molar-refractivity contribution >= 4 is 5.97 Å². The number of allylic oxidation sites excluding steroid dienone is 4. The lowest BCUT2D eigenvalue weighted by molar-refractivity contribution is -0.146. The van der Waals surface area contributed by atoms with Gasteiger partial charge in [-0.3, -0.25) is 4.79 Å². The maximum Gasteiger partial charge on any atom is 0.306 e. The van der Waals surface area contributed by atoms with E-state index in [0.717, 1.165) is 57.8 Å². The normalized spacial score (nSPS) is 42.7. The highest BCUT2D eigenvalue weighted by Crippen LogP contribution is 2.72. The van der Waals surface area contributed by atoms with Crippen LogP contribution in [-0.4, -0.2) is 22.3 Å². The molecule has 7 atom stereocenters. The first-order chi connectivity index (χ1) is 15.3. The second-order valence-corrected chi connectivity index (χ2v) is 13.5. The fraction of sp³-hybridized carbons (Fsp3) is 0.833. The highest BCUT2D eigenvalue weighted by Gasteiger charge is 2.64. The average Bonchev–Trinajstić information content (AvgIpc) is 3.00. The zero-order valence-electron chi connectivity index (χ0n) is 22.3. The van der Waals surface area contributed by atoms with Crippen molar-refractivity contribution in [2.24, 2.45) is 39.4 Å². The van der Waals surface area contributed by atoms with Crippen LogP contribution in [0.4, 0.5) is 0 Å². The van der Waals surface area contributed by atoms with Crippen molar-refractivity contribution in [1.82, 2.24) is 0 Å². The molecular formula is C30H48O3. The number of carboxylic acids is 1. The van der Waals surface area contributed by atoms with Gasteiger partial charge < -0.3 is 10.2 Å². The van der Waals surface area contributed by atoms with Gasteiger partial charge in [-0.2, -0.15) is 0 Å². The molecule has 0 heterocycles. The molecule has 2 fully saturated rings. The number of hydrogen-bond acceptors (Lipinski definition) is 2. The van der Waals surface area contributed by atoms with E-state index in [4.69, 9.17) is 0 Å². The molecule has 2 saturated carbocycles. The van der Waals surface area contributed by atoms with E-state index in [1.165, 1.54) is 12.0 Å². The van der Waals surface area contributed by atoms with Gasteiger partial charge in [0.1, 0.15) is 0 Å². The molecule has 0 saturated heterocycles. The van der Waals surface area contributed by atoms with Crippen LogP contribution in [0.25, 0.3) is 0 Å². The number of fused-ring (bicyclic) bond motifs is 4. The number of rotatable bonds is 5. The van der Waals surface area contributed by atoms with Gasteiger partial charge in [0.05, 0.1) is 12.0 Å². The van der Waals surface area contributed by atoms with E-state index in [2.05, 4.69) is 54.5 Å². The molecule has 0 aromatic carbocycles. The molecule has 0 aromatic rings. The highest BCUT2D eigenvalue weighted by atomic mass is 16.4. The summed E-state index contributed by atoms with van der Waals surface area (Å²) in [5.74, 6) is -0.0420. The molecule has 0 aliphatic heterocycles. The molecule has 4 rings (SSSR count). The molecule has 186 valence electrons. The molecule has 0 unspecified atom stereocenters. The van der Waals surface area contributed by atoms with Crippen molar-refractivity contribution in [2.75, 3.05) is 0 Å². The van der Waals surface area contributed by atoms with Gasteiger partial charge in [0.15, 0.2) is 0 Å². The maximum absolute atomic E-state index is 12.5. The van der Waals surface area contributed by atoms with Gasteiger partial charge in [0, 0.05) is 0 Å². The molecule has 0 bridgehead atoms. The largest absolute Gasteiger partial charge is 0.481 e. The Morgan fingerprint density at radius 3 is 2.33 bits per heavy atom. The Morgan fingerprint density at radius 1 is 1.00 bits per heavy atom. The van der Waals surface area contributed by atoms with E-state index >= 15 is 0 Å². The van der Waals surface area contributed by atoms with E-state index in [0.29, 0.717) is 5.92 Å². The molecular weight excluding hydrogens is 408 g/mol. The van der Waals surface area contributed by atoms with E-state index < -0.39 is 5.97 Å². The monoisotopic (exact) mass is 456 g/mol. The van der Waals surface area contributed by atoms with Gasteiger partial charge in [-0.1, -0.05) is 57.4 Å². The van der Waals surface area contributed by atoms with Crippen LogP contribution in [0, 0.1) is 39.4 Å². The number of aliphatic hydroxyl groups excluding tert-OH is 1. The number of aliphatic hydroxyl groups is 1. The maximum atomic E-state index is 12.5. The summed E-state index contributed by atoms with van der Waals surface area (Å²) in [6, 6.07) is 0. The van der Waals surface area contributed by atoms with Crippen LogP contribution in [0.3, 0.4) is 0 Å². The average molecular weight is 457 g/mol. The van der Waals surface area contributed by atoms with Crippen molar-refractivity contribution in [3.05, 3.63) is 22.8 Å². The summed E-state index contributed by atoms with van der Waals surface area (Å²) in [5, 5.41) is 21.0. The van der Waals surface area contributed by atoms with Crippen LogP contribution < -0.4 is 0 Å². The van der Waals surface area contributed by atoms with Crippen LogP contribution in [-0.2, 0) is 4.79 Å². The standard InChI is InChI=1S/C30H48O3/c1-19(2)9-8-10-20(26(32)33)21-13-17-30(7)23-11-12-24-27(3,4)25(31)15-16-28(24,5)22(23)14-18-29(21,30)6/h9,20-21,24-25,31H,8,10-18H2,1-7H3,(H,32,33)/t20-,21-,24-,25+,28+,29-,30-/m0/s1. The summed E-state index contributed by atoms with van der Waals surface area (Å²) in [5.41, 5.74) is 5.00. The Bertz CT molecular complexity index is 862. The second-order valence-electron chi connectivity index (χ2n) is 13.5. The van der Waals surface area contributed by atoms with Crippen LogP contribution in [0.1, 0.15) is 113 Å². The lowest BCUT2D eigenvalue weighted by Crippen LogP contribution is -2.55. The second kappa shape index (κ2) is 8.25. The molecule has 3 heteroatoms. The van der Waals surface area contributed by atoms with Crippen molar-refractivity contribution < 1.29 is 15.0 Å². The molecule has 0 spiro atoms. The molecule has 4 aliphatic rings. The fourth-order valence-corrected chi connectivity index (χ4v) is 9.41. The zero-order chi connectivity index (χ0) is 24.4. The predicted octanol–water partition coefficient (Wildman–Crippen LogP) is 7.54. The topological polar surface area (TPSA) is 57.5 Å². The van der Waals surface area contributed by atoms with E-state index in [-0.39, 0.29) is 39.6 Å². The van der Waals surface area contributed by atoms with Crippen molar-refractivity contribution in [1.29, 1.82) is 0 Å². The first-order valence-corrected chi connectivity index (χ1v) is 13.6. The zero-order valence-corrected chi connectivity index (χ0v) is 22.3. The van der Waals surface area contributed by atoms with Gasteiger partial charge in [-0.25, -0.2) is 0 Å². The highest BCUT2D eigenvalue weighted by molar-refractivity contribution is 5.70. The van der Waals surface area contributed by atoms with Crippen LogP contribution in [0.2, 0.25) is 0 Å². The van der Waals surface area contributed by atoms with Gasteiger partial charge in [-0.15, -0.1) is 0 Å². The fourth-order valence-electron chi connectivity index (χ4n) is 9.41. The predicted molar refractivity (Wildman–Crippen MR) is 135 cm³/mol. The summed E-state index contributed by atoms with van der Waals surface area (Å²) < 4.78 is 0. The van der Waals surface area contributed by atoms with Gasteiger partial charge in [-0.05, 0) is 112 Å². The third-order valence-corrected chi connectivity index (χ3v) is 11.6. The molecule has 3 nitrogen and oxygen atoms in total. The molecule has 0 aromatic heterocycles. The smallest absolute Gasteiger partial charge is 0.306 e. The van der Waals surface area contributed by atoms with E-state index in [1.54, 1.807) is 11.1 Å². The molecule has 4 aliphatic carbocycles. The first kappa shape index (κ1) is 25.0. The molecule has 33 heavy (non-hydrogen) atoms. The SMILES string of the molecule is CC(C)=CCC[C@H](C(=O)O)[C@@H]1CC[C@@]2(C)C3=C(CC[C@@]12C)[C@@]1(C)CC[C@@H](O)C(C)(C)[C@@H]1CC3. The van der Waals surface area contributed by atoms with E-state index in [1.807, 2.05) is 0 Å². The summed E-state index contributed by atoms with van der Waals surface area (Å²) in [7, 11) is 0. The van der Waals surface area contributed by atoms with Crippen molar-refractivity contribution in [3.8, 4) is 0 Å². The van der Waals surface area contributed by atoms with Crippen molar-refractivity contribution in [2.45, 2.75) is 119 Å². The van der Waals surface area contributed by atoms with Gasteiger partial charge in [0.2, 0.25) is 0 Å². The summed E-state index contributed by atoms with van der Waals surface area (Å²) in [6.07, 6.45) is 12.3. The molecule has 0 amide bonds. The minimum atomic E-state index is -0.592. The molecule has 0 radical (unpaired) electrons. The summed E-state index contributed by atoms with van der Waals surface area (Å²) in [4.78, 5) is 12.5. The number of hydrogen-bond donors (Lipinski definition) is 2. The Labute approximate surface area is 202 Å². The minimum absolute atomic E-state index is 0.0370. The summed E-state index contributed by atoms with van der Waals surface area (Å²) >= 11 is 0. The Hall–Kier alpha value is -1.09. The quantitative estimate of drug-likeness (QED) is 0.420.